The maximum Gasteiger partial charge on any atom is 0.249 e. The van der Waals surface area contributed by atoms with E-state index < -0.39 is 23.9 Å². The number of phenolic OH excluding ortho intramolecular Hbond substituents is 3. The summed E-state index contributed by atoms with van der Waals surface area (Å²) in [4.78, 5) is 0. The molecule has 6 heteroatoms. The Morgan fingerprint density at radius 3 is 2.38 bits per heavy atom. The lowest BCUT2D eigenvalue weighted by Crippen LogP contribution is -2.27. The van der Waals surface area contributed by atoms with E-state index in [1.165, 1.54) is 18.2 Å². The lowest BCUT2D eigenvalue weighted by molar-refractivity contribution is -0.00242. The van der Waals surface area contributed by atoms with Crippen LogP contribution in [0.3, 0.4) is 0 Å². The summed E-state index contributed by atoms with van der Waals surface area (Å²) in [5.74, 6) is -4.02. The minimum Gasteiger partial charge on any atom is -0.508 e. The van der Waals surface area contributed by atoms with Gasteiger partial charge in [-0.25, -0.2) is 8.78 Å². The van der Waals surface area contributed by atoms with Crippen molar-refractivity contribution in [1.82, 2.24) is 0 Å². The van der Waals surface area contributed by atoms with Crippen LogP contribution in [-0.2, 0) is 0 Å². The van der Waals surface area contributed by atoms with Gasteiger partial charge in [0.2, 0.25) is 5.92 Å². The highest BCUT2D eigenvalue weighted by atomic mass is 19.3. The fraction of sp³-hybridized carbons (Fsp3) is 0.333. The molecule has 0 radical (unpaired) electrons. The highest BCUT2D eigenvalue weighted by Crippen LogP contribution is 2.60. The first-order valence-corrected chi connectivity index (χ1v) is 7.73. The van der Waals surface area contributed by atoms with Gasteiger partial charge in [0.1, 0.15) is 17.6 Å². The molecule has 1 fully saturated rings. The molecule has 4 nitrogen and oxygen atoms in total. The third kappa shape index (κ3) is 2.33. The maximum atomic E-state index is 14.1. The molecular formula is C18H16F2O4. The molecule has 0 amide bonds. The molecule has 3 atom stereocenters. The number of benzene rings is 2. The summed E-state index contributed by atoms with van der Waals surface area (Å²) in [6.07, 6.45) is -1.31. The number of aromatic hydroxyl groups is 3. The summed E-state index contributed by atoms with van der Waals surface area (Å²) in [6, 6.07) is 8.76. The Morgan fingerprint density at radius 2 is 1.67 bits per heavy atom. The lowest BCUT2D eigenvalue weighted by atomic mass is 9.80. The van der Waals surface area contributed by atoms with Crippen molar-refractivity contribution in [2.75, 3.05) is 0 Å². The molecule has 126 valence electrons. The molecule has 0 saturated heterocycles. The van der Waals surface area contributed by atoms with Crippen molar-refractivity contribution in [2.24, 2.45) is 5.92 Å². The van der Waals surface area contributed by atoms with E-state index in [1.807, 2.05) is 0 Å². The van der Waals surface area contributed by atoms with Gasteiger partial charge >= 0.3 is 0 Å². The zero-order valence-corrected chi connectivity index (χ0v) is 12.6. The first-order valence-electron chi connectivity index (χ1n) is 7.73. The van der Waals surface area contributed by atoms with Crippen molar-refractivity contribution in [2.45, 2.75) is 30.8 Å². The molecule has 2 aromatic carbocycles. The van der Waals surface area contributed by atoms with Gasteiger partial charge in [0.05, 0.1) is 0 Å². The third-order valence-electron chi connectivity index (χ3n) is 4.91. The molecule has 0 bridgehead atoms. The molecule has 3 unspecified atom stereocenters. The quantitative estimate of drug-likeness (QED) is 0.735. The molecule has 2 aromatic rings. The zero-order chi connectivity index (χ0) is 17.1. The first-order chi connectivity index (χ1) is 11.3. The average Bonchev–Trinajstić information content (AvgIpc) is 2.83. The van der Waals surface area contributed by atoms with E-state index in [2.05, 4.69) is 0 Å². The number of hydrogen-bond donors (Lipinski definition) is 3. The fourth-order valence-electron chi connectivity index (χ4n) is 3.92. The van der Waals surface area contributed by atoms with E-state index in [4.69, 9.17) is 4.74 Å². The van der Waals surface area contributed by atoms with E-state index in [0.29, 0.717) is 11.1 Å². The van der Waals surface area contributed by atoms with E-state index in [0.717, 1.165) is 6.07 Å². The molecule has 1 aliphatic heterocycles. The van der Waals surface area contributed by atoms with Crippen molar-refractivity contribution >= 4 is 0 Å². The average molecular weight is 334 g/mol. The number of phenols is 3. The van der Waals surface area contributed by atoms with Gasteiger partial charge in [0.15, 0.2) is 11.5 Å². The van der Waals surface area contributed by atoms with Gasteiger partial charge in [0.25, 0.3) is 0 Å². The second kappa shape index (κ2) is 5.00. The van der Waals surface area contributed by atoms with E-state index >= 15 is 0 Å². The van der Waals surface area contributed by atoms with Crippen LogP contribution in [0.2, 0.25) is 0 Å². The van der Waals surface area contributed by atoms with Crippen LogP contribution in [0.1, 0.15) is 36.0 Å². The smallest absolute Gasteiger partial charge is 0.249 e. The number of fused-ring (bicyclic) bond motifs is 3. The van der Waals surface area contributed by atoms with Crippen LogP contribution in [-0.4, -0.2) is 21.2 Å². The summed E-state index contributed by atoms with van der Waals surface area (Å²) in [6.45, 7) is 0. The normalized spacial score (nSPS) is 27.2. The highest BCUT2D eigenvalue weighted by molar-refractivity contribution is 5.54. The summed E-state index contributed by atoms with van der Waals surface area (Å²) in [5.41, 5.74) is 1.09. The topological polar surface area (TPSA) is 69.9 Å². The van der Waals surface area contributed by atoms with Crippen LogP contribution in [0.5, 0.6) is 23.0 Å². The Balaban J connectivity index is 1.83. The van der Waals surface area contributed by atoms with Crippen molar-refractivity contribution < 1.29 is 28.8 Å². The van der Waals surface area contributed by atoms with Gasteiger partial charge in [-0.1, -0.05) is 12.1 Å². The molecule has 24 heavy (non-hydrogen) atoms. The van der Waals surface area contributed by atoms with Crippen LogP contribution < -0.4 is 4.74 Å². The van der Waals surface area contributed by atoms with Crippen LogP contribution in [0.25, 0.3) is 0 Å². The van der Waals surface area contributed by atoms with Gasteiger partial charge in [-0.3, -0.25) is 0 Å². The van der Waals surface area contributed by atoms with E-state index in [1.54, 1.807) is 12.1 Å². The predicted octanol–water partition coefficient (Wildman–Crippen LogP) is 4.07. The maximum absolute atomic E-state index is 14.1. The molecule has 0 aromatic heterocycles. The standard InChI is InChI=1S/C18H16F2O4/c19-18(20)7-13-12-5-11(22)6-15(23)17(12)24-16(14(13)8-18)9-1-3-10(21)4-2-9/h1-6,13-14,16,21-23H,7-8H2. The van der Waals surface area contributed by atoms with Crippen molar-refractivity contribution in [3.05, 3.63) is 47.5 Å². The third-order valence-corrected chi connectivity index (χ3v) is 4.91. The Bertz CT molecular complexity index is 788. The number of ether oxygens (including phenoxy) is 1. The largest absolute Gasteiger partial charge is 0.508 e. The predicted molar refractivity (Wildman–Crippen MR) is 81.7 cm³/mol. The molecule has 2 aliphatic rings. The number of rotatable bonds is 1. The van der Waals surface area contributed by atoms with Crippen LogP contribution in [0, 0.1) is 5.92 Å². The van der Waals surface area contributed by atoms with Crippen LogP contribution in [0.15, 0.2) is 36.4 Å². The van der Waals surface area contributed by atoms with Gasteiger partial charge in [-0.05, 0) is 23.8 Å². The van der Waals surface area contributed by atoms with Crippen molar-refractivity contribution in [3.8, 4) is 23.0 Å². The molecule has 0 spiro atoms. The molecule has 4 rings (SSSR count). The Hall–Kier alpha value is -2.50. The molecule has 1 aliphatic carbocycles. The van der Waals surface area contributed by atoms with Crippen molar-refractivity contribution in [1.29, 1.82) is 0 Å². The van der Waals surface area contributed by atoms with Crippen LogP contribution >= 0.6 is 0 Å². The number of alkyl halides is 2. The van der Waals surface area contributed by atoms with Crippen LogP contribution in [0.4, 0.5) is 8.78 Å². The minimum atomic E-state index is -2.82. The molecular weight excluding hydrogens is 318 g/mol. The van der Waals surface area contributed by atoms with Gasteiger partial charge in [0, 0.05) is 36.3 Å². The Labute approximate surface area is 136 Å². The van der Waals surface area contributed by atoms with E-state index in [-0.39, 0.29) is 35.8 Å². The molecule has 1 saturated carbocycles. The zero-order valence-electron chi connectivity index (χ0n) is 12.6. The minimum absolute atomic E-state index is 0.0797. The Morgan fingerprint density at radius 1 is 0.958 bits per heavy atom. The highest BCUT2D eigenvalue weighted by Gasteiger charge is 2.54. The summed E-state index contributed by atoms with van der Waals surface area (Å²) in [5, 5.41) is 29.2. The molecule has 1 heterocycles. The lowest BCUT2D eigenvalue weighted by Gasteiger charge is -2.36. The van der Waals surface area contributed by atoms with Gasteiger partial charge < -0.3 is 20.1 Å². The summed E-state index contributed by atoms with van der Waals surface area (Å²) >= 11 is 0. The first kappa shape index (κ1) is 15.1. The van der Waals surface area contributed by atoms with Gasteiger partial charge in [-0.2, -0.15) is 0 Å². The number of halogens is 2. The fourth-order valence-corrected chi connectivity index (χ4v) is 3.92. The van der Waals surface area contributed by atoms with E-state index in [9.17, 15) is 24.1 Å². The van der Waals surface area contributed by atoms with Gasteiger partial charge in [-0.15, -0.1) is 0 Å². The summed E-state index contributed by atoms with van der Waals surface area (Å²) in [7, 11) is 0. The number of hydrogen-bond acceptors (Lipinski definition) is 4. The molecule has 3 N–H and O–H groups in total. The monoisotopic (exact) mass is 334 g/mol. The second-order valence-electron chi connectivity index (χ2n) is 6.55. The second-order valence-corrected chi connectivity index (χ2v) is 6.55. The summed E-state index contributed by atoms with van der Waals surface area (Å²) < 4.78 is 34.0. The Kier molecular flexibility index (Phi) is 3.13. The SMILES string of the molecule is Oc1ccc(C2Oc3c(O)cc(O)cc3C3CC(F)(F)CC32)cc1. The van der Waals surface area contributed by atoms with Crippen molar-refractivity contribution in [3.63, 3.8) is 0 Å².